The Bertz CT molecular complexity index is 2210. The van der Waals surface area contributed by atoms with Gasteiger partial charge in [-0.1, -0.05) is 121 Å². The molecule has 1 nitrogen and oxygen atoms in total. The van der Waals surface area contributed by atoms with Gasteiger partial charge >= 0.3 is 0 Å². The number of hydrogen-bond acceptors (Lipinski definition) is 1. The number of nitrogens with zero attached hydrogens (tertiary/aromatic N) is 1. The van der Waals surface area contributed by atoms with Gasteiger partial charge in [-0.05, 0) is 91.3 Å². The average molecular weight is 522 g/mol. The summed E-state index contributed by atoms with van der Waals surface area (Å²) < 4.78 is 0. The number of fused-ring (bicyclic) bond motifs is 5. The van der Waals surface area contributed by atoms with E-state index in [4.69, 9.17) is 0 Å². The summed E-state index contributed by atoms with van der Waals surface area (Å²) in [6.45, 7) is 0. The van der Waals surface area contributed by atoms with Gasteiger partial charge in [0.15, 0.2) is 0 Å². The van der Waals surface area contributed by atoms with Gasteiger partial charge in [-0.25, -0.2) is 0 Å². The van der Waals surface area contributed by atoms with Crippen molar-refractivity contribution in [1.29, 1.82) is 0 Å². The van der Waals surface area contributed by atoms with Crippen LogP contribution in [0.3, 0.4) is 0 Å². The molecule has 0 aliphatic carbocycles. The number of para-hydroxylation sites is 1. The van der Waals surface area contributed by atoms with Crippen molar-refractivity contribution >= 4 is 60.2 Å². The highest BCUT2D eigenvalue weighted by molar-refractivity contribution is 6.15. The molecule has 192 valence electrons. The number of rotatable bonds is 4. The largest absolute Gasteiger partial charge is 0.310 e. The van der Waals surface area contributed by atoms with Gasteiger partial charge in [-0.3, -0.25) is 0 Å². The van der Waals surface area contributed by atoms with E-state index < -0.39 is 0 Å². The standard InChI is InChI=1S/C40H27N/c1-2-13-36(14-3-1)41(39-16-8-12-30-19-18-29-10-6-7-15-38(29)40(30)39)37-24-23-34-26-33(21-22-35(34)27-37)32-20-17-28-9-4-5-11-31(28)25-32/h1-27H. The Balaban J connectivity index is 1.29. The highest BCUT2D eigenvalue weighted by Gasteiger charge is 2.17. The molecule has 0 N–H and O–H groups in total. The van der Waals surface area contributed by atoms with Crippen LogP contribution in [0.2, 0.25) is 0 Å². The van der Waals surface area contributed by atoms with E-state index in [-0.39, 0.29) is 0 Å². The normalized spacial score (nSPS) is 11.4. The zero-order chi connectivity index (χ0) is 27.2. The lowest BCUT2D eigenvalue weighted by atomic mass is 9.97. The topological polar surface area (TPSA) is 3.24 Å². The molecule has 41 heavy (non-hydrogen) atoms. The smallest absolute Gasteiger partial charge is 0.0546 e. The van der Waals surface area contributed by atoms with Gasteiger partial charge in [0, 0.05) is 16.8 Å². The Hall–Kier alpha value is -5.40. The molecule has 1 heteroatoms. The Morgan fingerprint density at radius 3 is 1.71 bits per heavy atom. The second kappa shape index (κ2) is 9.66. The zero-order valence-electron chi connectivity index (χ0n) is 22.5. The fraction of sp³-hybridized carbons (Fsp3) is 0. The van der Waals surface area contributed by atoms with Gasteiger partial charge in [0.2, 0.25) is 0 Å². The lowest BCUT2D eigenvalue weighted by Gasteiger charge is -2.27. The highest BCUT2D eigenvalue weighted by Crippen LogP contribution is 2.42. The first-order valence-electron chi connectivity index (χ1n) is 14.1. The van der Waals surface area contributed by atoms with E-state index in [1.165, 1.54) is 59.9 Å². The van der Waals surface area contributed by atoms with Gasteiger partial charge in [0.25, 0.3) is 0 Å². The summed E-state index contributed by atoms with van der Waals surface area (Å²) >= 11 is 0. The quantitative estimate of drug-likeness (QED) is 0.208. The zero-order valence-corrected chi connectivity index (χ0v) is 22.5. The maximum absolute atomic E-state index is 2.39. The first-order valence-corrected chi connectivity index (χ1v) is 14.1. The van der Waals surface area contributed by atoms with E-state index in [1.54, 1.807) is 0 Å². The molecule has 0 fully saturated rings. The fourth-order valence-electron chi connectivity index (χ4n) is 6.15. The predicted octanol–water partition coefficient (Wildman–Crippen LogP) is 11.4. The molecular weight excluding hydrogens is 494 g/mol. The monoisotopic (exact) mass is 521 g/mol. The molecule has 0 amide bonds. The van der Waals surface area contributed by atoms with E-state index in [9.17, 15) is 0 Å². The van der Waals surface area contributed by atoms with Crippen LogP contribution in [0.4, 0.5) is 17.1 Å². The van der Waals surface area contributed by atoms with Gasteiger partial charge in [0.1, 0.15) is 0 Å². The SMILES string of the molecule is c1ccc(N(c2ccc3cc(-c4ccc5ccccc5c4)ccc3c2)c2cccc3ccc4ccccc4c23)cc1. The van der Waals surface area contributed by atoms with E-state index >= 15 is 0 Å². The third-order valence-corrected chi connectivity index (χ3v) is 8.17. The van der Waals surface area contributed by atoms with Crippen LogP contribution in [-0.4, -0.2) is 0 Å². The molecule has 0 unspecified atom stereocenters. The van der Waals surface area contributed by atoms with Crippen molar-refractivity contribution in [2.75, 3.05) is 4.90 Å². The van der Waals surface area contributed by atoms with Crippen LogP contribution in [0.15, 0.2) is 164 Å². The summed E-state index contributed by atoms with van der Waals surface area (Å²) in [5.41, 5.74) is 5.93. The second-order valence-corrected chi connectivity index (χ2v) is 10.6. The number of anilines is 3. The molecule has 0 heterocycles. The van der Waals surface area contributed by atoms with Gasteiger partial charge in [-0.2, -0.15) is 0 Å². The third-order valence-electron chi connectivity index (χ3n) is 8.17. The minimum atomic E-state index is 1.14. The lowest BCUT2D eigenvalue weighted by molar-refractivity contribution is 1.30. The van der Waals surface area contributed by atoms with Crippen molar-refractivity contribution in [2.24, 2.45) is 0 Å². The van der Waals surface area contributed by atoms with Crippen LogP contribution in [0.1, 0.15) is 0 Å². The van der Waals surface area contributed by atoms with Gasteiger partial charge < -0.3 is 4.90 Å². The molecule has 0 atom stereocenters. The minimum Gasteiger partial charge on any atom is -0.310 e. The van der Waals surface area contributed by atoms with Crippen LogP contribution < -0.4 is 4.90 Å². The summed E-state index contributed by atoms with van der Waals surface area (Å²) in [5.74, 6) is 0. The molecule has 8 rings (SSSR count). The highest BCUT2D eigenvalue weighted by atomic mass is 15.1. The van der Waals surface area contributed by atoms with Crippen molar-refractivity contribution in [3.05, 3.63) is 164 Å². The molecular formula is C40H27N. The van der Waals surface area contributed by atoms with Crippen LogP contribution in [0.5, 0.6) is 0 Å². The minimum absolute atomic E-state index is 1.14. The molecule has 0 radical (unpaired) electrons. The Morgan fingerprint density at radius 2 is 0.878 bits per heavy atom. The first-order chi connectivity index (χ1) is 20.3. The summed E-state index contributed by atoms with van der Waals surface area (Å²) in [5, 5.41) is 10.0. The molecule has 0 aromatic heterocycles. The van der Waals surface area contributed by atoms with Crippen molar-refractivity contribution in [3.8, 4) is 11.1 Å². The molecule has 8 aromatic rings. The van der Waals surface area contributed by atoms with E-state index in [1.807, 2.05) is 0 Å². The van der Waals surface area contributed by atoms with Gasteiger partial charge in [-0.15, -0.1) is 0 Å². The first kappa shape index (κ1) is 23.5. The lowest BCUT2D eigenvalue weighted by Crippen LogP contribution is -2.10. The van der Waals surface area contributed by atoms with E-state index in [2.05, 4.69) is 169 Å². The summed E-state index contributed by atoms with van der Waals surface area (Å²) in [7, 11) is 0. The summed E-state index contributed by atoms with van der Waals surface area (Å²) in [6, 6.07) is 59.3. The van der Waals surface area contributed by atoms with E-state index in [0.717, 1.165) is 11.4 Å². The van der Waals surface area contributed by atoms with Crippen molar-refractivity contribution in [1.82, 2.24) is 0 Å². The Labute approximate surface area is 239 Å². The number of hydrogen-bond donors (Lipinski definition) is 0. The third kappa shape index (κ3) is 4.11. The molecule has 0 saturated carbocycles. The van der Waals surface area contributed by atoms with E-state index in [0.29, 0.717) is 0 Å². The average Bonchev–Trinajstić information content (AvgIpc) is 3.05. The Morgan fingerprint density at radius 1 is 0.317 bits per heavy atom. The summed E-state index contributed by atoms with van der Waals surface area (Å²) in [4.78, 5) is 2.39. The van der Waals surface area contributed by atoms with Crippen molar-refractivity contribution in [2.45, 2.75) is 0 Å². The van der Waals surface area contributed by atoms with Crippen LogP contribution in [-0.2, 0) is 0 Å². The van der Waals surface area contributed by atoms with Crippen molar-refractivity contribution in [3.63, 3.8) is 0 Å². The van der Waals surface area contributed by atoms with Gasteiger partial charge in [0.05, 0.1) is 5.69 Å². The molecule has 0 spiro atoms. The molecule has 0 aliphatic heterocycles. The second-order valence-electron chi connectivity index (χ2n) is 10.6. The maximum Gasteiger partial charge on any atom is 0.0546 e. The van der Waals surface area contributed by atoms with Crippen LogP contribution in [0, 0.1) is 0 Å². The van der Waals surface area contributed by atoms with Crippen LogP contribution in [0.25, 0.3) is 54.2 Å². The molecule has 0 bridgehead atoms. The molecule has 0 aliphatic rings. The maximum atomic E-state index is 2.39. The number of benzene rings is 8. The molecule has 8 aromatic carbocycles. The predicted molar refractivity (Wildman–Crippen MR) is 177 cm³/mol. The Kier molecular flexibility index (Phi) is 5.53. The molecule has 0 saturated heterocycles. The fourth-order valence-corrected chi connectivity index (χ4v) is 6.15. The van der Waals surface area contributed by atoms with Crippen molar-refractivity contribution < 1.29 is 0 Å². The summed E-state index contributed by atoms with van der Waals surface area (Å²) in [6.07, 6.45) is 0. The van der Waals surface area contributed by atoms with Crippen LogP contribution >= 0.6 is 0 Å².